The molecule has 0 spiro atoms. The van der Waals surface area contributed by atoms with Crippen molar-refractivity contribution in [1.82, 2.24) is 0 Å². The molecule has 3 aromatic rings. The van der Waals surface area contributed by atoms with Crippen LogP contribution in [0.5, 0.6) is 0 Å². The van der Waals surface area contributed by atoms with Crippen molar-refractivity contribution < 1.29 is 18.7 Å². The van der Waals surface area contributed by atoms with Crippen LogP contribution in [0.2, 0.25) is 0 Å². The highest BCUT2D eigenvalue weighted by atomic mass is 32.2. The molecule has 0 bridgehead atoms. The number of aryl methyl sites for hydroxylation is 3. The molecule has 0 aromatic heterocycles. The van der Waals surface area contributed by atoms with Crippen LogP contribution >= 0.6 is 0 Å². The predicted molar refractivity (Wildman–Crippen MR) is 109 cm³/mol. The summed E-state index contributed by atoms with van der Waals surface area (Å²) in [7, 11) is 0. The first-order chi connectivity index (χ1) is 13.5. The molecule has 3 rings (SSSR count). The Balaban J connectivity index is 1.77. The molecule has 1 N–H and O–H groups in total. The van der Waals surface area contributed by atoms with Crippen molar-refractivity contribution in [3.05, 3.63) is 95.1 Å². The highest BCUT2D eigenvalue weighted by Gasteiger charge is 2.12. The number of carboxylic acid groups (broad SMARTS) is 1. The number of benzene rings is 3. The zero-order valence-electron chi connectivity index (χ0n) is 15.4. The van der Waals surface area contributed by atoms with Gasteiger partial charge in [-0.05, 0) is 66.8 Å². The number of hydrogen-bond donors (Lipinski definition) is 1. The first-order valence-electron chi connectivity index (χ1n) is 8.82. The van der Waals surface area contributed by atoms with Crippen molar-refractivity contribution in [3.63, 3.8) is 0 Å². The number of hydrogen-bond acceptors (Lipinski definition) is 3. The van der Waals surface area contributed by atoms with Crippen LogP contribution in [0.3, 0.4) is 0 Å². The molecule has 0 radical (unpaired) electrons. The topological polar surface area (TPSA) is 80.7 Å². The lowest BCUT2D eigenvalue weighted by molar-refractivity contribution is 0.0695. The number of rotatable bonds is 7. The zero-order chi connectivity index (χ0) is 20.1. The standard InChI is InChI=1S/C22H21NO4S/c1-16-5-4-7-20(15-16)23(28(26)27)19-13-10-17(11-14-19)9-12-18-6-2-3-8-21(18)22(24)25/h2-8,10-11,13-15H,9,12H2,1H3,(H,24,25)(H,26,27)/p-1. The number of carbonyl (C=O) groups is 1. The Morgan fingerprint density at radius 2 is 1.68 bits per heavy atom. The van der Waals surface area contributed by atoms with E-state index in [0.717, 1.165) is 16.7 Å². The van der Waals surface area contributed by atoms with Crippen LogP contribution in [0, 0.1) is 6.92 Å². The third kappa shape index (κ3) is 4.65. The van der Waals surface area contributed by atoms with Gasteiger partial charge in [-0.15, -0.1) is 0 Å². The fraction of sp³-hybridized carbons (Fsp3) is 0.136. The molecule has 0 saturated heterocycles. The first-order valence-corrected chi connectivity index (χ1v) is 9.85. The molecule has 0 amide bonds. The summed E-state index contributed by atoms with van der Waals surface area (Å²) in [5.74, 6) is -0.933. The van der Waals surface area contributed by atoms with Gasteiger partial charge >= 0.3 is 5.97 Å². The van der Waals surface area contributed by atoms with Gasteiger partial charge in [0.25, 0.3) is 0 Å². The Hall–Kier alpha value is -2.96. The Kier molecular flexibility index (Phi) is 6.23. The maximum atomic E-state index is 11.8. The lowest BCUT2D eigenvalue weighted by Gasteiger charge is -2.27. The lowest BCUT2D eigenvalue weighted by Crippen LogP contribution is -2.19. The lowest BCUT2D eigenvalue weighted by atomic mass is 10.00. The highest BCUT2D eigenvalue weighted by molar-refractivity contribution is 7.81. The van der Waals surface area contributed by atoms with E-state index in [1.807, 2.05) is 49.4 Å². The van der Waals surface area contributed by atoms with Gasteiger partial charge in [-0.1, -0.05) is 42.5 Å². The van der Waals surface area contributed by atoms with Gasteiger partial charge in [0.2, 0.25) is 0 Å². The van der Waals surface area contributed by atoms with Crippen LogP contribution in [0.15, 0.2) is 72.8 Å². The molecule has 0 aliphatic rings. The van der Waals surface area contributed by atoms with Gasteiger partial charge in [0.05, 0.1) is 28.2 Å². The van der Waals surface area contributed by atoms with Crippen molar-refractivity contribution in [2.75, 3.05) is 4.31 Å². The van der Waals surface area contributed by atoms with Crippen LogP contribution in [0.25, 0.3) is 0 Å². The van der Waals surface area contributed by atoms with E-state index in [9.17, 15) is 18.7 Å². The maximum Gasteiger partial charge on any atom is 0.335 e. The molecule has 0 fully saturated rings. The molecule has 0 aliphatic carbocycles. The maximum absolute atomic E-state index is 11.8. The van der Waals surface area contributed by atoms with E-state index < -0.39 is 17.2 Å². The molecule has 5 nitrogen and oxygen atoms in total. The van der Waals surface area contributed by atoms with Gasteiger partial charge in [-0.25, -0.2) is 4.79 Å². The quantitative estimate of drug-likeness (QED) is 0.602. The smallest absolute Gasteiger partial charge is 0.335 e. The fourth-order valence-electron chi connectivity index (χ4n) is 3.10. The van der Waals surface area contributed by atoms with E-state index in [2.05, 4.69) is 0 Å². The monoisotopic (exact) mass is 394 g/mol. The summed E-state index contributed by atoms with van der Waals surface area (Å²) in [5.41, 5.74) is 4.20. The van der Waals surface area contributed by atoms with Crippen LogP contribution < -0.4 is 4.31 Å². The van der Waals surface area contributed by atoms with Crippen LogP contribution in [-0.2, 0) is 24.1 Å². The van der Waals surface area contributed by atoms with Crippen molar-refractivity contribution in [2.24, 2.45) is 0 Å². The number of nitrogens with zero attached hydrogens (tertiary/aromatic N) is 1. The normalized spacial score (nSPS) is 11.8. The van der Waals surface area contributed by atoms with E-state index in [-0.39, 0.29) is 0 Å². The van der Waals surface area contributed by atoms with Gasteiger partial charge < -0.3 is 9.66 Å². The molecule has 0 aliphatic heterocycles. The minimum atomic E-state index is -2.44. The second kappa shape index (κ2) is 8.82. The van der Waals surface area contributed by atoms with Gasteiger partial charge in [0.15, 0.2) is 0 Å². The molecule has 3 aromatic carbocycles. The average Bonchev–Trinajstić information content (AvgIpc) is 2.67. The van der Waals surface area contributed by atoms with E-state index >= 15 is 0 Å². The average molecular weight is 394 g/mol. The van der Waals surface area contributed by atoms with Gasteiger partial charge in [-0.2, -0.15) is 0 Å². The van der Waals surface area contributed by atoms with Crippen LogP contribution in [0.4, 0.5) is 11.4 Å². The number of aromatic carboxylic acids is 1. The van der Waals surface area contributed by atoms with Crippen molar-refractivity contribution in [1.29, 1.82) is 0 Å². The van der Waals surface area contributed by atoms with Crippen LogP contribution in [0.1, 0.15) is 27.0 Å². The molecule has 144 valence electrons. The van der Waals surface area contributed by atoms with Gasteiger partial charge in [0.1, 0.15) is 0 Å². The summed E-state index contributed by atoms with van der Waals surface area (Å²) in [6, 6.07) is 21.5. The summed E-state index contributed by atoms with van der Waals surface area (Å²) in [6.07, 6.45) is 1.26. The Bertz CT molecular complexity index is 1000. The Morgan fingerprint density at radius 3 is 2.32 bits per heavy atom. The summed E-state index contributed by atoms with van der Waals surface area (Å²) in [4.78, 5) is 11.3. The summed E-state index contributed by atoms with van der Waals surface area (Å²) < 4.78 is 24.8. The van der Waals surface area contributed by atoms with Crippen molar-refractivity contribution in [3.8, 4) is 0 Å². The predicted octanol–water partition coefficient (Wildman–Crippen LogP) is 4.41. The van der Waals surface area contributed by atoms with E-state index in [4.69, 9.17) is 0 Å². The summed E-state index contributed by atoms with van der Waals surface area (Å²) in [5, 5.41) is 9.28. The third-order valence-corrected chi connectivity index (χ3v) is 5.21. The fourth-order valence-corrected chi connectivity index (χ4v) is 3.68. The minimum Gasteiger partial charge on any atom is -0.755 e. The zero-order valence-corrected chi connectivity index (χ0v) is 16.2. The molecule has 28 heavy (non-hydrogen) atoms. The van der Waals surface area contributed by atoms with Crippen molar-refractivity contribution in [2.45, 2.75) is 19.8 Å². The van der Waals surface area contributed by atoms with Crippen molar-refractivity contribution >= 4 is 28.6 Å². The molecular formula is C22H20NO4S-. The number of anilines is 2. The molecule has 1 atom stereocenters. The Labute approximate surface area is 166 Å². The minimum absolute atomic E-state index is 0.312. The summed E-state index contributed by atoms with van der Waals surface area (Å²) >= 11 is -2.44. The van der Waals surface area contributed by atoms with E-state index in [1.165, 1.54) is 4.31 Å². The largest absolute Gasteiger partial charge is 0.755 e. The SMILES string of the molecule is Cc1cccc(N(c2ccc(CCc3ccccc3C(=O)O)cc2)S(=O)[O-])c1. The molecule has 6 heteroatoms. The molecule has 0 heterocycles. The van der Waals surface area contributed by atoms with E-state index in [1.54, 1.807) is 30.3 Å². The second-order valence-corrected chi connectivity index (χ2v) is 7.28. The van der Waals surface area contributed by atoms with Gasteiger partial charge in [-0.3, -0.25) is 8.51 Å². The highest BCUT2D eigenvalue weighted by Crippen LogP contribution is 2.28. The molecular weight excluding hydrogens is 374 g/mol. The second-order valence-electron chi connectivity index (χ2n) is 6.48. The van der Waals surface area contributed by atoms with Gasteiger partial charge in [0, 0.05) is 0 Å². The van der Waals surface area contributed by atoms with Crippen LogP contribution in [-0.4, -0.2) is 19.8 Å². The number of carboxylic acids is 1. The Morgan fingerprint density at radius 1 is 0.964 bits per heavy atom. The third-order valence-electron chi connectivity index (χ3n) is 4.49. The molecule has 0 saturated carbocycles. The molecule has 1 unspecified atom stereocenters. The summed E-state index contributed by atoms with van der Waals surface area (Å²) in [6.45, 7) is 1.91. The van der Waals surface area contributed by atoms with E-state index in [0.29, 0.717) is 29.8 Å². The first kappa shape index (κ1) is 19.8.